The molecular weight excluding hydrogens is 242 g/mol. The zero-order chi connectivity index (χ0) is 13.9. The third kappa shape index (κ3) is 6.35. The van der Waals surface area contributed by atoms with Gasteiger partial charge in [-0.1, -0.05) is 13.8 Å². The van der Waals surface area contributed by atoms with E-state index in [0.29, 0.717) is 5.82 Å². The van der Waals surface area contributed by atoms with Crippen LogP contribution >= 0.6 is 0 Å². The lowest BCUT2D eigenvalue weighted by Crippen LogP contribution is -2.13. The summed E-state index contributed by atoms with van der Waals surface area (Å²) in [7, 11) is 0. The lowest BCUT2D eigenvalue weighted by atomic mass is 10.3. The van der Waals surface area contributed by atoms with Gasteiger partial charge in [-0.2, -0.15) is 0 Å². The van der Waals surface area contributed by atoms with E-state index >= 15 is 0 Å². The SMILES string of the molecule is CCCOCCCNc1cc(NN)nc(CCC)n1. The molecule has 0 unspecified atom stereocenters. The summed E-state index contributed by atoms with van der Waals surface area (Å²) >= 11 is 0. The number of rotatable bonds is 10. The van der Waals surface area contributed by atoms with Crippen molar-refractivity contribution >= 4 is 11.6 Å². The highest BCUT2D eigenvalue weighted by Crippen LogP contribution is 2.11. The van der Waals surface area contributed by atoms with E-state index in [1.54, 1.807) is 0 Å². The molecule has 0 aliphatic rings. The van der Waals surface area contributed by atoms with Crippen molar-refractivity contribution in [1.82, 2.24) is 9.97 Å². The van der Waals surface area contributed by atoms with Crippen molar-refractivity contribution in [1.29, 1.82) is 0 Å². The zero-order valence-electron chi connectivity index (χ0n) is 11.9. The second-order valence-electron chi connectivity index (χ2n) is 4.34. The van der Waals surface area contributed by atoms with Crippen LogP contribution in [-0.2, 0) is 11.2 Å². The van der Waals surface area contributed by atoms with Crippen molar-refractivity contribution in [3.63, 3.8) is 0 Å². The van der Waals surface area contributed by atoms with Crippen LogP contribution in [0.25, 0.3) is 0 Å². The molecule has 19 heavy (non-hydrogen) atoms. The molecule has 0 aromatic carbocycles. The van der Waals surface area contributed by atoms with Gasteiger partial charge < -0.3 is 15.5 Å². The van der Waals surface area contributed by atoms with Gasteiger partial charge in [0.1, 0.15) is 17.5 Å². The van der Waals surface area contributed by atoms with Gasteiger partial charge in [0.25, 0.3) is 0 Å². The van der Waals surface area contributed by atoms with Crippen LogP contribution in [-0.4, -0.2) is 29.7 Å². The molecule has 108 valence electrons. The summed E-state index contributed by atoms with van der Waals surface area (Å²) in [5.74, 6) is 7.66. The Hall–Kier alpha value is -1.40. The van der Waals surface area contributed by atoms with Crippen molar-refractivity contribution in [3.05, 3.63) is 11.9 Å². The fourth-order valence-corrected chi connectivity index (χ4v) is 1.63. The Balaban J connectivity index is 2.41. The number of aromatic nitrogens is 2. The van der Waals surface area contributed by atoms with Gasteiger partial charge in [-0.05, 0) is 19.3 Å². The molecule has 1 rings (SSSR count). The molecule has 4 N–H and O–H groups in total. The van der Waals surface area contributed by atoms with E-state index < -0.39 is 0 Å². The highest BCUT2D eigenvalue weighted by Gasteiger charge is 2.03. The minimum absolute atomic E-state index is 0.642. The van der Waals surface area contributed by atoms with Gasteiger partial charge in [0.05, 0.1) is 0 Å². The largest absolute Gasteiger partial charge is 0.381 e. The topological polar surface area (TPSA) is 85.1 Å². The number of aryl methyl sites for hydroxylation is 1. The second-order valence-corrected chi connectivity index (χ2v) is 4.34. The third-order valence-corrected chi connectivity index (χ3v) is 2.51. The minimum atomic E-state index is 0.642. The van der Waals surface area contributed by atoms with Gasteiger partial charge in [-0.25, -0.2) is 15.8 Å². The van der Waals surface area contributed by atoms with Crippen molar-refractivity contribution in [2.75, 3.05) is 30.5 Å². The van der Waals surface area contributed by atoms with E-state index in [2.05, 4.69) is 34.6 Å². The van der Waals surface area contributed by atoms with Crippen LogP contribution in [0.3, 0.4) is 0 Å². The maximum atomic E-state index is 5.42. The summed E-state index contributed by atoms with van der Waals surface area (Å²) in [6, 6.07) is 1.81. The van der Waals surface area contributed by atoms with Crippen LogP contribution in [0, 0.1) is 0 Å². The molecule has 1 aromatic rings. The number of hydrogen-bond acceptors (Lipinski definition) is 6. The van der Waals surface area contributed by atoms with E-state index in [0.717, 1.165) is 57.1 Å². The quantitative estimate of drug-likeness (QED) is 0.341. The van der Waals surface area contributed by atoms with E-state index in [1.165, 1.54) is 0 Å². The highest BCUT2D eigenvalue weighted by molar-refractivity contribution is 5.46. The molecule has 0 fully saturated rings. The fourth-order valence-electron chi connectivity index (χ4n) is 1.63. The molecule has 0 aliphatic carbocycles. The van der Waals surface area contributed by atoms with Crippen molar-refractivity contribution in [2.45, 2.75) is 39.5 Å². The Morgan fingerprint density at radius 2 is 1.95 bits per heavy atom. The summed E-state index contributed by atoms with van der Waals surface area (Å²) in [4.78, 5) is 8.74. The van der Waals surface area contributed by atoms with Gasteiger partial charge >= 0.3 is 0 Å². The molecule has 0 saturated heterocycles. The predicted octanol–water partition coefficient (Wildman–Crippen LogP) is 1.94. The number of ether oxygens (including phenoxy) is 1. The van der Waals surface area contributed by atoms with E-state index in [1.807, 2.05) is 6.07 Å². The average molecular weight is 267 g/mol. The normalized spacial score (nSPS) is 10.5. The summed E-state index contributed by atoms with van der Waals surface area (Å²) in [6.07, 6.45) is 3.88. The molecular formula is C13H25N5O. The van der Waals surface area contributed by atoms with Crippen LogP contribution in [0.5, 0.6) is 0 Å². The summed E-state index contributed by atoms with van der Waals surface area (Å²) in [5.41, 5.74) is 2.57. The molecule has 0 saturated carbocycles. The number of nitrogens with zero attached hydrogens (tertiary/aromatic N) is 2. The smallest absolute Gasteiger partial charge is 0.145 e. The zero-order valence-corrected chi connectivity index (χ0v) is 11.9. The maximum absolute atomic E-state index is 5.42. The maximum Gasteiger partial charge on any atom is 0.145 e. The Bertz CT molecular complexity index is 359. The Morgan fingerprint density at radius 3 is 2.63 bits per heavy atom. The van der Waals surface area contributed by atoms with Crippen LogP contribution in [0.4, 0.5) is 11.6 Å². The molecule has 0 aliphatic heterocycles. The van der Waals surface area contributed by atoms with Crippen LogP contribution in [0.15, 0.2) is 6.07 Å². The summed E-state index contributed by atoms with van der Waals surface area (Å²) in [5, 5.41) is 3.27. The van der Waals surface area contributed by atoms with Gasteiger partial charge in [0.2, 0.25) is 0 Å². The van der Waals surface area contributed by atoms with E-state index in [9.17, 15) is 0 Å². The van der Waals surface area contributed by atoms with Crippen LogP contribution in [0.2, 0.25) is 0 Å². The van der Waals surface area contributed by atoms with Gasteiger partial charge in [0, 0.05) is 32.2 Å². The Labute approximate surface area is 115 Å². The van der Waals surface area contributed by atoms with Crippen LogP contribution in [0.1, 0.15) is 38.9 Å². The average Bonchev–Trinajstić information content (AvgIpc) is 2.43. The standard InChI is InChI=1S/C13H25N5O/c1-3-6-11-16-12(10-13(17-11)18-14)15-7-5-9-19-8-4-2/h10H,3-9,14H2,1-2H3,(H2,15,16,17,18). The molecule has 0 bridgehead atoms. The monoisotopic (exact) mass is 267 g/mol. The molecule has 6 nitrogen and oxygen atoms in total. The predicted molar refractivity (Wildman–Crippen MR) is 78.1 cm³/mol. The number of nitrogen functional groups attached to an aromatic ring is 1. The van der Waals surface area contributed by atoms with Crippen molar-refractivity contribution in [2.24, 2.45) is 5.84 Å². The number of nitrogens with two attached hydrogens (primary N) is 1. The first kappa shape index (κ1) is 15.7. The molecule has 0 amide bonds. The van der Waals surface area contributed by atoms with E-state index in [-0.39, 0.29) is 0 Å². The molecule has 0 spiro atoms. The summed E-state index contributed by atoms with van der Waals surface area (Å²) < 4.78 is 5.42. The summed E-state index contributed by atoms with van der Waals surface area (Å²) in [6.45, 7) is 6.64. The van der Waals surface area contributed by atoms with Gasteiger partial charge in [-0.3, -0.25) is 0 Å². The van der Waals surface area contributed by atoms with Crippen molar-refractivity contribution in [3.8, 4) is 0 Å². The Kier molecular flexibility index (Phi) is 7.84. The van der Waals surface area contributed by atoms with E-state index in [4.69, 9.17) is 10.6 Å². The van der Waals surface area contributed by atoms with Gasteiger partial charge in [0.15, 0.2) is 0 Å². The first-order valence-corrected chi connectivity index (χ1v) is 6.96. The Morgan fingerprint density at radius 1 is 1.16 bits per heavy atom. The number of nitrogens with one attached hydrogen (secondary N) is 2. The minimum Gasteiger partial charge on any atom is -0.381 e. The highest BCUT2D eigenvalue weighted by atomic mass is 16.5. The van der Waals surface area contributed by atoms with Crippen molar-refractivity contribution < 1.29 is 4.74 Å². The third-order valence-electron chi connectivity index (χ3n) is 2.51. The number of hydrazine groups is 1. The lowest BCUT2D eigenvalue weighted by molar-refractivity contribution is 0.134. The van der Waals surface area contributed by atoms with Crippen LogP contribution < -0.4 is 16.6 Å². The van der Waals surface area contributed by atoms with Gasteiger partial charge in [-0.15, -0.1) is 0 Å². The fraction of sp³-hybridized carbons (Fsp3) is 0.692. The lowest BCUT2D eigenvalue weighted by Gasteiger charge is -2.09. The number of hydrogen-bond donors (Lipinski definition) is 3. The second kappa shape index (κ2) is 9.52. The number of anilines is 2. The molecule has 0 atom stereocenters. The molecule has 1 heterocycles. The molecule has 0 radical (unpaired) electrons. The first-order valence-electron chi connectivity index (χ1n) is 6.96. The first-order chi connectivity index (χ1) is 9.30. The molecule has 1 aromatic heterocycles. The molecule has 6 heteroatoms.